The average molecular weight is 373 g/mol. The first-order chi connectivity index (χ1) is 12.6. The summed E-state index contributed by atoms with van der Waals surface area (Å²) in [4.78, 5) is 16.2. The van der Waals surface area contributed by atoms with Gasteiger partial charge in [0, 0.05) is 37.3 Å². The van der Waals surface area contributed by atoms with Crippen molar-refractivity contribution in [3.63, 3.8) is 0 Å². The number of guanidine groups is 1. The number of carbonyl (C=O) groups excluding carboxylic acids is 1. The molecule has 1 unspecified atom stereocenters. The first-order valence-electron chi connectivity index (χ1n) is 8.63. The maximum absolute atomic E-state index is 12.0. The Labute approximate surface area is 159 Å². The Kier molecular flexibility index (Phi) is 7.96. The number of halogens is 1. The van der Waals surface area contributed by atoms with Crippen LogP contribution in [-0.2, 0) is 0 Å². The molecule has 0 spiro atoms. The molecule has 6 heteroatoms. The lowest BCUT2D eigenvalue weighted by molar-refractivity contribution is 0.0954. The van der Waals surface area contributed by atoms with E-state index in [9.17, 15) is 4.79 Å². The Balaban J connectivity index is 1.68. The van der Waals surface area contributed by atoms with Crippen LogP contribution in [0.3, 0.4) is 0 Å². The van der Waals surface area contributed by atoms with E-state index in [1.165, 1.54) is 5.56 Å². The van der Waals surface area contributed by atoms with Gasteiger partial charge in [0.05, 0.1) is 0 Å². The Morgan fingerprint density at radius 2 is 1.65 bits per heavy atom. The second kappa shape index (κ2) is 10.5. The zero-order chi connectivity index (χ0) is 18.8. The smallest absolute Gasteiger partial charge is 0.251 e. The first-order valence-corrected chi connectivity index (χ1v) is 9.01. The van der Waals surface area contributed by atoms with E-state index in [1.54, 1.807) is 31.3 Å². The van der Waals surface area contributed by atoms with E-state index in [4.69, 9.17) is 11.6 Å². The van der Waals surface area contributed by atoms with Gasteiger partial charge in [-0.2, -0.15) is 0 Å². The van der Waals surface area contributed by atoms with Crippen LogP contribution in [0.5, 0.6) is 0 Å². The number of aliphatic imine (C=N–C) groups is 1. The molecule has 2 aromatic carbocycles. The van der Waals surface area contributed by atoms with Crippen LogP contribution < -0.4 is 16.0 Å². The van der Waals surface area contributed by atoms with Crippen molar-refractivity contribution in [3.8, 4) is 0 Å². The zero-order valence-electron chi connectivity index (χ0n) is 15.1. The molecule has 0 fully saturated rings. The fraction of sp³-hybridized carbons (Fsp3) is 0.300. The predicted octanol–water partition coefficient (Wildman–Crippen LogP) is 3.04. The van der Waals surface area contributed by atoms with Crippen molar-refractivity contribution in [2.24, 2.45) is 4.99 Å². The number of hydrogen-bond acceptors (Lipinski definition) is 2. The summed E-state index contributed by atoms with van der Waals surface area (Å²) >= 11 is 5.82. The van der Waals surface area contributed by atoms with E-state index in [0.29, 0.717) is 35.6 Å². The van der Waals surface area contributed by atoms with Gasteiger partial charge in [-0.15, -0.1) is 0 Å². The van der Waals surface area contributed by atoms with Gasteiger partial charge >= 0.3 is 0 Å². The molecule has 0 bridgehead atoms. The van der Waals surface area contributed by atoms with Crippen LogP contribution in [0.2, 0.25) is 5.02 Å². The molecule has 1 atom stereocenters. The van der Waals surface area contributed by atoms with Gasteiger partial charge in [-0.25, -0.2) is 0 Å². The Morgan fingerprint density at radius 3 is 2.31 bits per heavy atom. The highest BCUT2D eigenvalue weighted by Gasteiger charge is 2.07. The molecule has 26 heavy (non-hydrogen) atoms. The Hall–Kier alpha value is -2.53. The highest BCUT2D eigenvalue weighted by molar-refractivity contribution is 6.30. The van der Waals surface area contributed by atoms with Gasteiger partial charge in [0.25, 0.3) is 5.91 Å². The lowest BCUT2D eigenvalue weighted by Crippen LogP contribution is -2.42. The van der Waals surface area contributed by atoms with E-state index in [2.05, 4.69) is 40.0 Å². The topological polar surface area (TPSA) is 65.5 Å². The SMILES string of the molecule is CN=C(NCCNC(=O)c1ccc(Cl)cc1)NCC(C)c1ccccc1. The van der Waals surface area contributed by atoms with Crippen LogP contribution in [-0.4, -0.2) is 38.5 Å². The summed E-state index contributed by atoms with van der Waals surface area (Å²) < 4.78 is 0. The number of nitrogens with zero attached hydrogens (tertiary/aromatic N) is 1. The second-order valence-corrected chi connectivity index (χ2v) is 6.39. The summed E-state index contributed by atoms with van der Waals surface area (Å²) in [5.41, 5.74) is 1.87. The monoisotopic (exact) mass is 372 g/mol. The molecule has 138 valence electrons. The zero-order valence-corrected chi connectivity index (χ0v) is 15.9. The van der Waals surface area contributed by atoms with Gasteiger partial charge < -0.3 is 16.0 Å². The quantitative estimate of drug-likeness (QED) is 0.397. The molecule has 1 amide bonds. The minimum absolute atomic E-state index is 0.121. The highest BCUT2D eigenvalue weighted by Crippen LogP contribution is 2.12. The molecule has 0 aliphatic heterocycles. The number of rotatable bonds is 7. The summed E-state index contributed by atoms with van der Waals surface area (Å²) in [6, 6.07) is 17.2. The van der Waals surface area contributed by atoms with Crippen LogP contribution in [0.4, 0.5) is 0 Å². The molecule has 0 aliphatic carbocycles. The van der Waals surface area contributed by atoms with Crippen molar-refractivity contribution in [1.29, 1.82) is 0 Å². The van der Waals surface area contributed by atoms with Crippen LogP contribution in [0.25, 0.3) is 0 Å². The number of benzene rings is 2. The Morgan fingerprint density at radius 1 is 1.00 bits per heavy atom. The van der Waals surface area contributed by atoms with E-state index < -0.39 is 0 Å². The number of carbonyl (C=O) groups is 1. The normalized spacial score (nSPS) is 12.3. The van der Waals surface area contributed by atoms with Gasteiger partial charge in [0.1, 0.15) is 0 Å². The standard InChI is InChI=1S/C20H25ClN4O/c1-15(16-6-4-3-5-7-16)14-25-20(22-2)24-13-12-23-19(26)17-8-10-18(21)11-9-17/h3-11,15H,12-14H2,1-2H3,(H,23,26)(H2,22,24,25). The third-order valence-corrected chi connectivity index (χ3v) is 4.23. The van der Waals surface area contributed by atoms with E-state index in [-0.39, 0.29) is 5.91 Å². The average Bonchev–Trinajstić information content (AvgIpc) is 2.68. The maximum atomic E-state index is 12.0. The van der Waals surface area contributed by atoms with Crippen LogP contribution in [0.15, 0.2) is 59.6 Å². The summed E-state index contributed by atoms with van der Waals surface area (Å²) in [5, 5.41) is 9.98. The first kappa shape index (κ1) is 19.8. The van der Waals surface area contributed by atoms with Crippen molar-refractivity contribution in [1.82, 2.24) is 16.0 Å². The van der Waals surface area contributed by atoms with Crippen molar-refractivity contribution in [2.75, 3.05) is 26.7 Å². The van der Waals surface area contributed by atoms with Crippen LogP contribution >= 0.6 is 11.6 Å². The predicted molar refractivity (Wildman–Crippen MR) is 108 cm³/mol. The summed E-state index contributed by atoms with van der Waals surface area (Å²) in [5.74, 6) is 0.969. The third kappa shape index (κ3) is 6.41. The van der Waals surface area contributed by atoms with E-state index in [1.807, 2.05) is 18.2 Å². The molecule has 0 saturated heterocycles. The largest absolute Gasteiger partial charge is 0.356 e. The molecule has 0 aromatic heterocycles. The molecular weight excluding hydrogens is 348 g/mol. The molecule has 3 N–H and O–H groups in total. The van der Waals surface area contributed by atoms with Gasteiger partial charge in [0.2, 0.25) is 0 Å². The van der Waals surface area contributed by atoms with Crippen LogP contribution in [0.1, 0.15) is 28.8 Å². The number of hydrogen-bond donors (Lipinski definition) is 3. The lowest BCUT2D eigenvalue weighted by atomic mass is 10.0. The molecule has 2 aromatic rings. The molecule has 0 heterocycles. The molecule has 0 aliphatic rings. The minimum Gasteiger partial charge on any atom is -0.356 e. The highest BCUT2D eigenvalue weighted by atomic mass is 35.5. The fourth-order valence-corrected chi connectivity index (χ4v) is 2.56. The summed E-state index contributed by atoms with van der Waals surface area (Å²) in [6.07, 6.45) is 0. The molecule has 0 saturated carbocycles. The summed E-state index contributed by atoms with van der Waals surface area (Å²) in [7, 11) is 1.73. The number of amides is 1. The minimum atomic E-state index is -0.121. The molecule has 0 radical (unpaired) electrons. The third-order valence-electron chi connectivity index (χ3n) is 3.98. The Bertz CT molecular complexity index is 716. The fourth-order valence-electron chi connectivity index (χ4n) is 2.43. The van der Waals surface area contributed by atoms with Gasteiger partial charge in [0.15, 0.2) is 5.96 Å². The molecule has 5 nitrogen and oxygen atoms in total. The lowest BCUT2D eigenvalue weighted by Gasteiger charge is -2.16. The van der Waals surface area contributed by atoms with Gasteiger partial charge in [-0.05, 0) is 35.7 Å². The summed E-state index contributed by atoms with van der Waals surface area (Å²) in [6.45, 7) is 4.03. The van der Waals surface area contributed by atoms with Gasteiger partial charge in [-0.1, -0.05) is 48.9 Å². The van der Waals surface area contributed by atoms with Crippen molar-refractivity contribution >= 4 is 23.5 Å². The van der Waals surface area contributed by atoms with Crippen molar-refractivity contribution in [3.05, 3.63) is 70.7 Å². The maximum Gasteiger partial charge on any atom is 0.251 e. The molecule has 2 rings (SSSR count). The number of nitrogens with one attached hydrogen (secondary N) is 3. The van der Waals surface area contributed by atoms with E-state index in [0.717, 1.165) is 6.54 Å². The van der Waals surface area contributed by atoms with E-state index >= 15 is 0 Å². The van der Waals surface area contributed by atoms with Crippen molar-refractivity contribution < 1.29 is 4.79 Å². The van der Waals surface area contributed by atoms with Crippen LogP contribution in [0, 0.1) is 0 Å². The van der Waals surface area contributed by atoms with Crippen molar-refractivity contribution in [2.45, 2.75) is 12.8 Å². The second-order valence-electron chi connectivity index (χ2n) is 5.95. The van der Waals surface area contributed by atoms with Gasteiger partial charge in [-0.3, -0.25) is 9.79 Å². The molecular formula is C20H25ClN4O.